The number of ketones is 1. The highest BCUT2D eigenvalue weighted by atomic mass is 32.1. The summed E-state index contributed by atoms with van der Waals surface area (Å²) in [6, 6.07) is 3.04. The number of carbonyl (C=O) groups excluding carboxylic acids is 2. The Morgan fingerprint density at radius 2 is 2.11 bits per heavy atom. The first-order valence-corrected chi connectivity index (χ1v) is 6.78. The van der Waals surface area contributed by atoms with Crippen molar-refractivity contribution in [2.75, 3.05) is 0 Å². The largest absolute Gasteiger partial charge is 0.444 e. The quantitative estimate of drug-likeness (QED) is 0.854. The molecule has 1 heterocycles. The molecule has 1 rings (SSSR count). The maximum absolute atomic E-state index is 12.1. The summed E-state index contributed by atoms with van der Waals surface area (Å²) in [4.78, 5) is 24.3. The van der Waals surface area contributed by atoms with Gasteiger partial charge in [0, 0.05) is 0 Å². The maximum atomic E-state index is 12.1. The van der Waals surface area contributed by atoms with E-state index in [-0.39, 0.29) is 5.78 Å². The lowest BCUT2D eigenvalue weighted by Crippen LogP contribution is -2.42. The van der Waals surface area contributed by atoms with Crippen LogP contribution < -0.4 is 5.32 Å². The third kappa shape index (κ3) is 4.49. The molecule has 1 aromatic heterocycles. The van der Waals surface area contributed by atoms with Crippen LogP contribution in [0.3, 0.4) is 0 Å². The van der Waals surface area contributed by atoms with Gasteiger partial charge in [-0.3, -0.25) is 4.79 Å². The van der Waals surface area contributed by atoms with Gasteiger partial charge in [0.2, 0.25) is 0 Å². The number of hydrogen-bond donors (Lipinski definition) is 1. The van der Waals surface area contributed by atoms with E-state index >= 15 is 0 Å². The number of Topliss-reactive ketones (excluding diaryl/α,β-unsaturated/α-hetero) is 1. The predicted octanol–water partition coefficient (Wildman–Crippen LogP) is 3.23. The molecule has 0 unspecified atom stereocenters. The molecule has 0 saturated carbocycles. The highest BCUT2D eigenvalue weighted by Crippen LogP contribution is 2.13. The smallest absolute Gasteiger partial charge is 0.408 e. The van der Waals surface area contributed by atoms with Crippen molar-refractivity contribution < 1.29 is 14.3 Å². The second kappa shape index (κ2) is 6.00. The molecule has 5 heteroatoms. The van der Waals surface area contributed by atoms with Gasteiger partial charge in [0.1, 0.15) is 5.60 Å². The van der Waals surface area contributed by atoms with Crippen LogP contribution in [0.25, 0.3) is 0 Å². The van der Waals surface area contributed by atoms with Gasteiger partial charge in [-0.2, -0.15) is 0 Å². The molecule has 0 aliphatic heterocycles. The van der Waals surface area contributed by atoms with Crippen LogP contribution in [-0.4, -0.2) is 23.5 Å². The Kier molecular flexibility index (Phi) is 4.90. The number of rotatable bonds is 4. The van der Waals surface area contributed by atoms with Crippen LogP contribution in [0.1, 0.15) is 43.8 Å². The average Bonchev–Trinajstić information content (AvgIpc) is 2.75. The molecule has 100 valence electrons. The van der Waals surface area contributed by atoms with Crippen LogP contribution in [0, 0.1) is 0 Å². The summed E-state index contributed by atoms with van der Waals surface area (Å²) in [6.07, 6.45) is -0.0186. The number of carbonyl (C=O) groups is 2. The van der Waals surface area contributed by atoms with E-state index in [9.17, 15) is 9.59 Å². The molecule has 0 spiro atoms. The molecule has 0 bridgehead atoms. The van der Waals surface area contributed by atoms with Crippen LogP contribution in [-0.2, 0) is 4.74 Å². The molecule has 0 aromatic carbocycles. The molecule has 1 N–H and O–H groups in total. The van der Waals surface area contributed by atoms with Crippen molar-refractivity contribution >= 4 is 23.2 Å². The molecular weight excluding hydrogens is 250 g/mol. The van der Waals surface area contributed by atoms with E-state index < -0.39 is 17.7 Å². The van der Waals surface area contributed by atoms with Crippen molar-refractivity contribution in [3.63, 3.8) is 0 Å². The molecule has 0 aliphatic rings. The standard InChI is InChI=1S/C13H19NO3S/c1-5-9(11(15)10-7-6-8-18-10)14-12(16)17-13(2,3)4/h6-9H,5H2,1-4H3,(H,14,16)/t9-/m0/s1. The zero-order valence-corrected chi connectivity index (χ0v) is 12.0. The third-order valence-corrected chi connectivity index (χ3v) is 3.06. The van der Waals surface area contributed by atoms with Crippen LogP contribution in [0.5, 0.6) is 0 Å². The van der Waals surface area contributed by atoms with E-state index in [1.807, 2.05) is 18.4 Å². The Balaban J connectivity index is 2.63. The van der Waals surface area contributed by atoms with Gasteiger partial charge in [0.25, 0.3) is 0 Å². The molecule has 1 aromatic rings. The minimum atomic E-state index is -0.561. The fraction of sp³-hybridized carbons (Fsp3) is 0.538. The summed E-state index contributed by atoms with van der Waals surface area (Å²) < 4.78 is 5.14. The molecule has 18 heavy (non-hydrogen) atoms. The first-order chi connectivity index (χ1) is 8.33. The summed E-state index contributed by atoms with van der Waals surface area (Å²) in [5.74, 6) is -0.0710. The lowest BCUT2D eigenvalue weighted by molar-refractivity contribution is 0.0490. The average molecular weight is 269 g/mol. The Hall–Kier alpha value is -1.36. The first-order valence-electron chi connectivity index (χ1n) is 5.90. The summed E-state index contributed by atoms with van der Waals surface area (Å²) in [5, 5.41) is 4.45. The molecule has 0 fully saturated rings. The second-order valence-electron chi connectivity index (χ2n) is 4.95. The second-order valence-corrected chi connectivity index (χ2v) is 5.90. The van der Waals surface area contributed by atoms with Crippen LogP contribution in [0.15, 0.2) is 17.5 Å². The number of thiophene rings is 1. The number of amides is 1. The summed E-state index contributed by atoms with van der Waals surface area (Å²) in [6.45, 7) is 7.21. The summed E-state index contributed by atoms with van der Waals surface area (Å²) >= 11 is 1.37. The third-order valence-electron chi connectivity index (χ3n) is 2.18. The van der Waals surface area contributed by atoms with Crippen molar-refractivity contribution in [3.05, 3.63) is 22.4 Å². The monoisotopic (exact) mass is 269 g/mol. The van der Waals surface area contributed by atoms with Crippen molar-refractivity contribution in [2.24, 2.45) is 0 Å². The zero-order chi connectivity index (χ0) is 13.8. The van der Waals surface area contributed by atoms with Gasteiger partial charge in [-0.15, -0.1) is 11.3 Å². The van der Waals surface area contributed by atoms with Gasteiger partial charge in [-0.05, 0) is 38.6 Å². The van der Waals surface area contributed by atoms with E-state index in [1.54, 1.807) is 26.8 Å². The molecule has 1 atom stereocenters. The van der Waals surface area contributed by atoms with Crippen LogP contribution in [0.4, 0.5) is 4.79 Å². The van der Waals surface area contributed by atoms with E-state index in [1.165, 1.54) is 11.3 Å². The molecule has 4 nitrogen and oxygen atoms in total. The van der Waals surface area contributed by atoms with Crippen molar-refractivity contribution in [1.82, 2.24) is 5.32 Å². The predicted molar refractivity (Wildman–Crippen MR) is 72.1 cm³/mol. The van der Waals surface area contributed by atoms with Gasteiger partial charge >= 0.3 is 6.09 Å². The van der Waals surface area contributed by atoms with Gasteiger partial charge in [0.05, 0.1) is 10.9 Å². The molecule has 0 aliphatic carbocycles. The molecular formula is C13H19NO3S. The number of hydrogen-bond acceptors (Lipinski definition) is 4. The van der Waals surface area contributed by atoms with Gasteiger partial charge in [-0.1, -0.05) is 13.0 Å². The minimum absolute atomic E-state index is 0.0710. The Labute approximate surface area is 111 Å². The van der Waals surface area contributed by atoms with Crippen molar-refractivity contribution in [2.45, 2.75) is 45.8 Å². The van der Waals surface area contributed by atoms with Crippen LogP contribution >= 0.6 is 11.3 Å². The van der Waals surface area contributed by atoms with Gasteiger partial charge in [-0.25, -0.2) is 4.79 Å². The zero-order valence-electron chi connectivity index (χ0n) is 11.1. The fourth-order valence-corrected chi connectivity index (χ4v) is 2.11. The highest BCUT2D eigenvalue weighted by Gasteiger charge is 2.24. The first kappa shape index (κ1) is 14.7. The number of alkyl carbamates (subject to hydrolysis) is 1. The van der Waals surface area contributed by atoms with Gasteiger partial charge in [0.15, 0.2) is 5.78 Å². The van der Waals surface area contributed by atoms with Crippen molar-refractivity contribution in [3.8, 4) is 0 Å². The molecule has 1 amide bonds. The molecule has 0 radical (unpaired) electrons. The highest BCUT2D eigenvalue weighted by molar-refractivity contribution is 7.12. The van der Waals surface area contributed by atoms with Crippen molar-refractivity contribution in [1.29, 1.82) is 0 Å². The fourth-order valence-electron chi connectivity index (χ4n) is 1.39. The maximum Gasteiger partial charge on any atom is 0.408 e. The summed E-state index contributed by atoms with van der Waals surface area (Å²) in [5.41, 5.74) is -0.561. The van der Waals surface area contributed by atoms with E-state index in [0.717, 1.165) is 0 Å². The number of nitrogens with one attached hydrogen (secondary N) is 1. The topological polar surface area (TPSA) is 55.4 Å². The SMILES string of the molecule is CC[C@H](NC(=O)OC(C)(C)C)C(=O)c1cccs1. The van der Waals surface area contributed by atoms with Crippen LogP contribution in [0.2, 0.25) is 0 Å². The lowest BCUT2D eigenvalue weighted by atomic mass is 10.1. The lowest BCUT2D eigenvalue weighted by Gasteiger charge is -2.22. The normalized spacial score (nSPS) is 12.9. The Bertz CT molecular complexity index is 406. The Morgan fingerprint density at radius 3 is 2.56 bits per heavy atom. The number of ether oxygens (including phenoxy) is 1. The summed E-state index contributed by atoms with van der Waals surface area (Å²) in [7, 11) is 0. The minimum Gasteiger partial charge on any atom is -0.444 e. The van der Waals surface area contributed by atoms with E-state index in [4.69, 9.17) is 4.74 Å². The van der Waals surface area contributed by atoms with Gasteiger partial charge < -0.3 is 10.1 Å². The Morgan fingerprint density at radius 1 is 1.44 bits per heavy atom. The van der Waals surface area contributed by atoms with E-state index in [2.05, 4.69) is 5.32 Å². The van der Waals surface area contributed by atoms with E-state index in [0.29, 0.717) is 11.3 Å². The molecule has 0 saturated heterocycles.